The molecule has 8 nitrogen and oxygen atoms in total. The Balaban J connectivity index is 1.68. The molecule has 1 fully saturated rings. The Bertz CT molecular complexity index is 1010. The number of nitrogens with one attached hydrogen (secondary N) is 2. The summed E-state index contributed by atoms with van der Waals surface area (Å²) >= 11 is 0. The largest absolute Gasteiger partial charge is 0.496 e. The molecule has 2 aliphatic heterocycles. The van der Waals surface area contributed by atoms with Crippen molar-refractivity contribution in [3.05, 3.63) is 65.1 Å². The zero-order valence-corrected chi connectivity index (χ0v) is 18.5. The van der Waals surface area contributed by atoms with Crippen molar-refractivity contribution in [3.63, 3.8) is 0 Å². The van der Waals surface area contributed by atoms with Crippen LogP contribution in [0.2, 0.25) is 0 Å². The third-order valence-corrected chi connectivity index (χ3v) is 5.56. The summed E-state index contributed by atoms with van der Waals surface area (Å²) in [5.74, 6) is -0.884. The van der Waals surface area contributed by atoms with Gasteiger partial charge in [-0.2, -0.15) is 0 Å². The van der Waals surface area contributed by atoms with Gasteiger partial charge in [0.05, 0.1) is 37.7 Å². The molecule has 1 amide bonds. The molecule has 0 aromatic heterocycles. The number of hydrogen-bond acceptors (Lipinski definition) is 7. The Kier molecular flexibility index (Phi) is 6.95. The Hall–Kier alpha value is -3.37. The van der Waals surface area contributed by atoms with E-state index in [2.05, 4.69) is 15.6 Å². The quantitative estimate of drug-likeness (QED) is 0.656. The Morgan fingerprint density at radius 2 is 1.64 bits per heavy atom. The summed E-state index contributed by atoms with van der Waals surface area (Å²) in [6.07, 6.45) is 0. The lowest BCUT2D eigenvalue weighted by atomic mass is 10.1. The van der Waals surface area contributed by atoms with Crippen molar-refractivity contribution in [1.29, 1.82) is 0 Å². The second kappa shape index (κ2) is 10.1. The number of carbonyl (C=O) groups excluding carboxylic acids is 1. The van der Waals surface area contributed by atoms with Crippen LogP contribution in [0.3, 0.4) is 0 Å². The summed E-state index contributed by atoms with van der Waals surface area (Å²) in [5, 5.41) is 4.38. The SMILES string of the molecule is COc1cccc(OC)c1COC1=C(N2CCNCC2)CNN(c2cc(F)cc(F)c2)C1=O. The van der Waals surface area contributed by atoms with Crippen LogP contribution in [-0.4, -0.2) is 57.8 Å². The van der Waals surface area contributed by atoms with Crippen LogP contribution in [0, 0.1) is 11.6 Å². The van der Waals surface area contributed by atoms with Gasteiger partial charge in [0, 0.05) is 32.2 Å². The maximum Gasteiger partial charge on any atom is 0.309 e. The summed E-state index contributed by atoms with van der Waals surface area (Å²) < 4.78 is 44.6. The van der Waals surface area contributed by atoms with Crippen LogP contribution in [0.15, 0.2) is 47.9 Å². The van der Waals surface area contributed by atoms with Crippen LogP contribution in [0.25, 0.3) is 0 Å². The summed E-state index contributed by atoms with van der Waals surface area (Å²) in [6, 6.07) is 8.28. The second-order valence-corrected chi connectivity index (χ2v) is 7.55. The van der Waals surface area contributed by atoms with Gasteiger partial charge < -0.3 is 24.4 Å². The first-order valence-corrected chi connectivity index (χ1v) is 10.6. The topological polar surface area (TPSA) is 75.3 Å². The molecule has 0 unspecified atom stereocenters. The summed E-state index contributed by atoms with van der Waals surface area (Å²) in [7, 11) is 3.08. The Morgan fingerprint density at radius 3 is 2.24 bits per heavy atom. The number of hydrazine groups is 1. The predicted octanol–water partition coefficient (Wildman–Crippen LogP) is 2.17. The third kappa shape index (κ3) is 4.86. The fraction of sp³-hybridized carbons (Fsp3) is 0.348. The molecule has 0 saturated carbocycles. The molecule has 0 spiro atoms. The van der Waals surface area contributed by atoms with E-state index in [0.29, 0.717) is 35.8 Å². The van der Waals surface area contributed by atoms with Gasteiger partial charge in [-0.3, -0.25) is 4.79 Å². The molecule has 0 atom stereocenters. The van der Waals surface area contributed by atoms with Crippen molar-refractivity contribution in [2.45, 2.75) is 6.61 Å². The van der Waals surface area contributed by atoms with Gasteiger partial charge in [-0.15, -0.1) is 0 Å². The van der Waals surface area contributed by atoms with E-state index in [4.69, 9.17) is 14.2 Å². The van der Waals surface area contributed by atoms with Gasteiger partial charge in [0.2, 0.25) is 5.76 Å². The Morgan fingerprint density at radius 1 is 1.00 bits per heavy atom. The van der Waals surface area contributed by atoms with E-state index in [1.165, 1.54) is 0 Å². The smallest absolute Gasteiger partial charge is 0.309 e. The number of methoxy groups -OCH3 is 2. The van der Waals surface area contributed by atoms with E-state index in [-0.39, 0.29) is 24.6 Å². The highest BCUT2D eigenvalue weighted by Gasteiger charge is 2.33. The number of nitrogens with zero attached hydrogens (tertiary/aromatic N) is 2. The molecule has 10 heteroatoms. The molecule has 2 aromatic rings. The average molecular weight is 460 g/mol. The van der Waals surface area contributed by atoms with Crippen molar-refractivity contribution >= 4 is 11.6 Å². The zero-order valence-electron chi connectivity index (χ0n) is 18.5. The first-order valence-electron chi connectivity index (χ1n) is 10.6. The first-order chi connectivity index (χ1) is 16.0. The lowest BCUT2D eigenvalue weighted by Crippen LogP contribution is -2.54. The van der Waals surface area contributed by atoms with Gasteiger partial charge in [0.15, 0.2) is 0 Å². The van der Waals surface area contributed by atoms with Gasteiger partial charge in [-0.1, -0.05) is 6.07 Å². The highest BCUT2D eigenvalue weighted by Crippen LogP contribution is 2.31. The van der Waals surface area contributed by atoms with Crippen molar-refractivity contribution in [2.75, 3.05) is 52.0 Å². The van der Waals surface area contributed by atoms with Gasteiger partial charge in [0.1, 0.15) is 29.7 Å². The molecule has 0 radical (unpaired) electrons. The fourth-order valence-corrected chi connectivity index (χ4v) is 3.96. The number of benzene rings is 2. The number of hydrogen-bond donors (Lipinski definition) is 2. The Labute approximate surface area is 190 Å². The molecule has 0 aliphatic carbocycles. The van der Waals surface area contributed by atoms with Crippen LogP contribution >= 0.6 is 0 Å². The molecular formula is C23H26F2N4O4. The monoisotopic (exact) mass is 460 g/mol. The van der Waals surface area contributed by atoms with E-state index in [1.807, 2.05) is 0 Å². The third-order valence-electron chi connectivity index (χ3n) is 5.56. The van der Waals surface area contributed by atoms with Crippen LogP contribution in [0.5, 0.6) is 11.5 Å². The van der Waals surface area contributed by atoms with Crippen LogP contribution in [-0.2, 0) is 16.1 Å². The number of carbonyl (C=O) groups is 1. The number of halogens is 2. The minimum absolute atomic E-state index is 0.00913. The van der Waals surface area contributed by atoms with E-state index in [1.54, 1.807) is 32.4 Å². The van der Waals surface area contributed by atoms with Gasteiger partial charge in [-0.25, -0.2) is 19.2 Å². The standard InChI is InChI=1S/C23H26F2N4O4/c1-31-20-4-3-5-21(32-2)18(20)14-33-22-19(28-8-6-26-7-9-28)13-27-29(23(22)30)17-11-15(24)10-16(25)12-17/h3-5,10-12,26-27H,6-9,13-14H2,1-2H3. The lowest BCUT2D eigenvalue weighted by Gasteiger charge is -2.38. The number of ether oxygens (including phenoxy) is 3. The minimum Gasteiger partial charge on any atom is -0.496 e. The van der Waals surface area contributed by atoms with E-state index >= 15 is 0 Å². The van der Waals surface area contributed by atoms with Crippen molar-refractivity contribution < 1.29 is 27.8 Å². The summed E-state index contributed by atoms with van der Waals surface area (Å²) in [5.41, 5.74) is 4.34. The number of amides is 1. The molecule has 4 rings (SSSR count). The molecule has 33 heavy (non-hydrogen) atoms. The maximum atomic E-state index is 13.8. The zero-order chi connectivity index (χ0) is 23.4. The van der Waals surface area contributed by atoms with Crippen molar-refractivity contribution in [2.24, 2.45) is 0 Å². The van der Waals surface area contributed by atoms with Gasteiger partial charge in [0.25, 0.3) is 0 Å². The molecule has 2 N–H and O–H groups in total. The summed E-state index contributed by atoms with van der Waals surface area (Å²) in [6.45, 7) is 3.19. The van der Waals surface area contributed by atoms with E-state index < -0.39 is 17.5 Å². The second-order valence-electron chi connectivity index (χ2n) is 7.55. The highest BCUT2D eigenvalue weighted by molar-refractivity contribution is 6.05. The number of piperazine rings is 1. The fourth-order valence-electron chi connectivity index (χ4n) is 3.96. The first kappa shape index (κ1) is 22.8. The molecule has 2 heterocycles. The highest BCUT2D eigenvalue weighted by atomic mass is 19.1. The van der Waals surface area contributed by atoms with Crippen molar-refractivity contribution in [1.82, 2.24) is 15.6 Å². The van der Waals surface area contributed by atoms with Crippen LogP contribution in [0.4, 0.5) is 14.5 Å². The van der Waals surface area contributed by atoms with Crippen LogP contribution in [0.1, 0.15) is 5.56 Å². The number of anilines is 1. The van der Waals surface area contributed by atoms with Crippen molar-refractivity contribution in [3.8, 4) is 11.5 Å². The maximum absolute atomic E-state index is 13.8. The van der Waals surface area contributed by atoms with E-state index in [0.717, 1.165) is 36.3 Å². The number of rotatable bonds is 7. The average Bonchev–Trinajstić information content (AvgIpc) is 2.82. The van der Waals surface area contributed by atoms with E-state index in [9.17, 15) is 13.6 Å². The summed E-state index contributed by atoms with van der Waals surface area (Å²) in [4.78, 5) is 15.5. The molecule has 2 aliphatic rings. The molecule has 0 bridgehead atoms. The molecular weight excluding hydrogens is 434 g/mol. The normalized spacial score (nSPS) is 16.8. The minimum atomic E-state index is -0.780. The molecule has 176 valence electrons. The lowest BCUT2D eigenvalue weighted by molar-refractivity contribution is -0.120. The predicted molar refractivity (Wildman–Crippen MR) is 118 cm³/mol. The molecule has 1 saturated heterocycles. The van der Waals surface area contributed by atoms with Gasteiger partial charge >= 0.3 is 5.91 Å². The molecule has 2 aromatic carbocycles. The van der Waals surface area contributed by atoms with Crippen LogP contribution < -0.4 is 25.2 Å². The van der Waals surface area contributed by atoms with Gasteiger partial charge in [-0.05, 0) is 24.3 Å².